The second-order valence-electron chi connectivity index (χ2n) is 8.68. The van der Waals surface area contributed by atoms with E-state index in [0.717, 1.165) is 36.6 Å². The first kappa shape index (κ1) is 25.4. The average molecular weight is 515 g/mol. The van der Waals surface area contributed by atoms with Crippen molar-refractivity contribution in [1.29, 1.82) is 0 Å². The zero-order chi connectivity index (χ0) is 25.5. The number of hydrogen-bond donors (Lipinski definition) is 3. The number of rotatable bonds is 9. The van der Waals surface area contributed by atoms with Crippen molar-refractivity contribution in [1.82, 2.24) is 19.9 Å². The molecule has 1 fully saturated rings. The van der Waals surface area contributed by atoms with Crippen LogP contribution in [0.3, 0.4) is 0 Å². The largest absolute Gasteiger partial charge is 0.484 e. The second kappa shape index (κ2) is 11.8. The minimum absolute atomic E-state index is 0.0980. The van der Waals surface area contributed by atoms with Crippen molar-refractivity contribution in [3.8, 4) is 5.75 Å². The van der Waals surface area contributed by atoms with Gasteiger partial charge in [0, 0.05) is 54.0 Å². The van der Waals surface area contributed by atoms with Crippen molar-refractivity contribution in [2.45, 2.75) is 31.9 Å². The number of anilines is 1. The molecule has 0 bridgehead atoms. The summed E-state index contributed by atoms with van der Waals surface area (Å²) in [5.74, 6) is 5.49. The zero-order valence-electron chi connectivity index (χ0n) is 20.1. The fourth-order valence-corrected chi connectivity index (χ4v) is 4.91. The van der Waals surface area contributed by atoms with Gasteiger partial charge >= 0.3 is 6.34 Å². The van der Waals surface area contributed by atoms with Gasteiger partial charge in [-0.2, -0.15) is 0 Å². The van der Waals surface area contributed by atoms with E-state index in [1.807, 2.05) is 24.4 Å². The zero-order valence-corrected chi connectivity index (χ0v) is 21.0. The SMILES string of the molecule is CN(C)Cc1cnc(N2CCC(c3nc(COc4ccc([NH+]=CN=NN)cc4F)cs3)CC2)[nH]c1=O. The van der Waals surface area contributed by atoms with E-state index in [9.17, 15) is 9.18 Å². The molecular weight excluding hydrogens is 485 g/mol. The molecule has 13 heteroatoms. The number of nitrogens with zero attached hydrogens (tertiary/aromatic N) is 6. The van der Waals surface area contributed by atoms with Crippen LogP contribution in [0.4, 0.5) is 16.0 Å². The van der Waals surface area contributed by atoms with E-state index in [1.54, 1.807) is 29.7 Å². The highest BCUT2D eigenvalue weighted by Crippen LogP contribution is 2.31. The number of aromatic nitrogens is 3. The summed E-state index contributed by atoms with van der Waals surface area (Å²) in [7, 11) is 3.84. The molecule has 1 saturated heterocycles. The van der Waals surface area contributed by atoms with E-state index >= 15 is 0 Å². The van der Waals surface area contributed by atoms with Crippen LogP contribution in [0.15, 0.2) is 44.9 Å². The van der Waals surface area contributed by atoms with Gasteiger partial charge in [-0.15, -0.1) is 11.3 Å². The van der Waals surface area contributed by atoms with Gasteiger partial charge in [0.05, 0.1) is 15.8 Å². The average Bonchev–Trinajstić information content (AvgIpc) is 3.34. The van der Waals surface area contributed by atoms with Crippen LogP contribution < -0.4 is 26.0 Å². The molecule has 3 aromatic rings. The standard InChI is InChI=1S/C23H28FN9O2S/c1-32(2)11-16-10-26-23(30-21(16)34)33-7-5-15(6-8-33)22-29-18(13-36-22)12-35-20-4-3-17(9-19(20)24)27-14-28-31-25/h3-4,9-10,13-15H,5-8,11-12H2,1-2H3,(H2,25,27,28)(H,26,30,34)/p+1. The molecule has 11 nitrogen and oxygen atoms in total. The predicted molar refractivity (Wildman–Crippen MR) is 135 cm³/mol. The number of nitrogens with one attached hydrogen (secondary N) is 2. The Kier molecular flexibility index (Phi) is 8.33. The van der Waals surface area contributed by atoms with Crippen molar-refractivity contribution in [2.75, 3.05) is 32.1 Å². The Morgan fingerprint density at radius 2 is 2.19 bits per heavy atom. The van der Waals surface area contributed by atoms with Crippen molar-refractivity contribution < 1.29 is 14.1 Å². The quantitative estimate of drug-likeness (QED) is 0.129. The first-order valence-corrected chi connectivity index (χ1v) is 12.3. The molecule has 0 atom stereocenters. The van der Waals surface area contributed by atoms with E-state index in [4.69, 9.17) is 15.6 Å². The molecule has 0 aliphatic carbocycles. The summed E-state index contributed by atoms with van der Waals surface area (Å²) in [4.78, 5) is 31.3. The fourth-order valence-electron chi connectivity index (χ4n) is 3.94. The lowest BCUT2D eigenvalue weighted by atomic mass is 9.98. The summed E-state index contributed by atoms with van der Waals surface area (Å²) in [6, 6.07) is 4.51. The molecule has 0 unspecified atom stereocenters. The van der Waals surface area contributed by atoms with E-state index in [1.165, 1.54) is 12.4 Å². The van der Waals surface area contributed by atoms with Gasteiger partial charge in [0.25, 0.3) is 5.56 Å². The molecule has 0 amide bonds. The van der Waals surface area contributed by atoms with Crippen LogP contribution in [0.1, 0.15) is 35.0 Å². The maximum absolute atomic E-state index is 14.3. The molecule has 4 rings (SSSR count). The number of H-pyrrole nitrogens is 1. The lowest BCUT2D eigenvalue weighted by molar-refractivity contribution is -0.348. The number of nitrogens with two attached hydrogens (primary N) is 1. The van der Waals surface area contributed by atoms with Crippen LogP contribution in [-0.4, -0.2) is 53.4 Å². The third-order valence-electron chi connectivity index (χ3n) is 5.72. The van der Waals surface area contributed by atoms with E-state index in [0.29, 0.717) is 29.7 Å². The smallest absolute Gasteiger partial charge is 0.314 e. The Bertz CT molecular complexity index is 1280. The molecule has 0 radical (unpaired) electrons. The Balaban J connectivity index is 1.30. The van der Waals surface area contributed by atoms with E-state index in [2.05, 4.69) is 30.2 Å². The number of hydrogen-bond acceptors (Lipinski definition) is 8. The van der Waals surface area contributed by atoms with Crippen LogP contribution in [0.2, 0.25) is 0 Å². The fraction of sp³-hybridized carbons (Fsp3) is 0.391. The summed E-state index contributed by atoms with van der Waals surface area (Å²) in [6.45, 7) is 2.29. The van der Waals surface area contributed by atoms with Gasteiger partial charge in [-0.1, -0.05) is 0 Å². The molecule has 190 valence electrons. The summed E-state index contributed by atoms with van der Waals surface area (Å²) in [5.41, 5.74) is 1.81. The van der Waals surface area contributed by atoms with Gasteiger partial charge in [0.15, 0.2) is 11.6 Å². The van der Waals surface area contributed by atoms with Crippen LogP contribution in [0, 0.1) is 5.82 Å². The first-order chi connectivity index (χ1) is 17.4. The normalized spacial score (nSPS) is 14.9. The van der Waals surface area contributed by atoms with Crippen LogP contribution in [-0.2, 0) is 13.2 Å². The molecule has 0 saturated carbocycles. The van der Waals surface area contributed by atoms with Gasteiger partial charge in [0.2, 0.25) is 5.95 Å². The minimum atomic E-state index is -0.498. The Morgan fingerprint density at radius 1 is 1.39 bits per heavy atom. The third-order valence-corrected chi connectivity index (χ3v) is 6.78. The molecule has 36 heavy (non-hydrogen) atoms. The number of aromatic amines is 1. The third kappa shape index (κ3) is 6.49. The monoisotopic (exact) mass is 514 g/mol. The van der Waals surface area contributed by atoms with Crippen molar-refractivity contribution in [3.05, 3.63) is 62.2 Å². The molecule has 1 aliphatic heterocycles. The lowest BCUT2D eigenvalue weighted by Gasteiger charge is -2.31. The number of ether oxygens (including phenoxy) is 1. The summed E-state index contributed by atoms with van der Waals surface area (Å²) in [5, 5.41) is 9.53. The number of halogens is 1. The van der Waals surface area contributed by atoms with E-state index < -0.39 is 5.82 Å². The molecule has 4 N–H and O–H groups in total. The highest BCUT2D eigenvalue weighted by atomic mass is 32.1. The summed E-state index contributed by atoms with van der Waals surface area (Å²) < 4.78 is 20.0. The van der Waals surface area contributed by atoms with Gasteiger partial charge in [-0.3, -0.25) is 15.6 Å². The van der Waals surface area contributed by atoms with Gasteiger partial charge < -0.3 is 14.5 Å². The maximum atomic E-state index is 14.3. The molecule has 1 aromatic carbocycles. The van der Waals surface area contributed by atoms with Gasteiger partial charge in [0.1, 0.15) is 12.3 Å². The van der Waals surface area contributed by atoms with Crippen molar-refractivity contribution in [2.24, 2.45) is 16.2 Å². The Morgan fingerprint density at radius 3 is 2.89 bits per heavy atom. The topological polar surface area (TPSA) is 139 Å². The minimum Gasteiger partial charge on any atom is -0.484 e. The highest BCUT2D eigenvalue weighted by molar-refractivity contribution is 7.09. The molecule has 0 spiro atoms. The van der Waals surface area contributed by atoms with Crippen LogP contribution in [0.5, 0.6) is 5.75 Å². The van der Waals surface area contributed by atoms with Crippen molar-refractivity contribution in [3.63, 3.8) is 0 Å². The summed E-state index contributed by atoms with van der Waals surface area (Å²) in [6.07, 6.45) is 4.72. The predicted octanol–water partition coefficient (Wildman–Crippen LogP) is 1.46. The highest BCUT2D eigenvalue weighted by Gasteiger charge is 2.24. The van der Waals surface area contributed by atoms with Crippen molar-refractivity contribution >= 4 is 29.3 Å². The summed E-state index contributed by atoms with van der Waals surface area (Å²) >= 11 is 1.59. The van der Waals surface area contributed by atoms with Gasteiger partial charge in [-0.25, -0.2) is 19.4 Å². The lowest BCUT2D eigenvalue weighted by Crippen LogP contribution is -2.60. The first-order valence-electron chi connectivity index (χ1n) is 11.5. The van der Waals surface area contributed by atoms with Gasteiger partial charge in [-0.05, 0) is 39.1 Å². The molecular formula is C23H29FN9O2S+. The molecule has 3 heterocycles. The number of piperidine rings is 1. The number of thiazole rings is 1. The molecule has 2 aromatic heterocycles. The Hall–Kier alpha value is -3.71. The Labute approximate surface area is 211 Å². The molecule has 1 aliphatic rings. The van der Waals surface area contributed by atoms with Crippen LogP contribution >= 0.6 is 11.3 Å². The van der Waals surface area contributed by atoms with Crippen LogP contribution in [0.25, 0.3) is 0 Å². The van der Waals surface area contributed by atoms with E-state index in [-0.39, 0.29) is 17.9 Å². The second-order valence-corrected chi connectivity index (χ2v) is 9.57. The number of benzene rings is 1. The maximum Gasteiger partial charge on any atom is 0.314 e.